The van der Waals surface area contributed by atoms with Crippen molar-refractivity contribution in [1.29, 1.82) is 0 Å². The number of benzene rings is 2. The zero-order valence-electron chi connectivity index (χ0n) is 17.8. The van der Waals surface area contributed by atoms with Crippen molar-refractivity contribution in [3.8, 4) is 5.75 Å². The lowest BCUT2D eigenvalue weighted by Gasteiger charge is -2.31. The second-order valence-corrected chi connectivity index (χ2v) is 9.97. The summed E-state index contributed by atoms with van der Waals surface area (Å²) < 4.78 is 31.6. The highest BCUT2D eigenvalue weighted by Gasteiger charge is 2.30. The molecule has 0 aliphatic carbocycles. The summed E-state index contributed by atoms with van der Waals surface area (Å²) in [6, 6.07) is 15.4. The van der Waals surface area contributed by atoms with Gasteiger partial charge in [0.2, 0.25) is 10.0 Å². The third-order valence-corrected chi connectivity index (χ3v) is 6.98. The molecule has 0 aromatic heterocycles. The van der Waals surface area contributed by atoms with E-state index in [4.69, 9.17) is 4.74 Å². The van der Waals surface area contributed by atoms with Gasteiger partial charge in [0.15, 0.2) is 6.10 Å². The number of anilines is 2. The zero-order valence-corrected chi connectivity index (χ0v) is 18.6. The zero-order chi connectivity index (χ0) is 21.8. The molecule has 2 aromatic rings. The van der Waals surface area contributed by atoms with Gasteiger partial charge >= 0.3 is 0 Å². The van der Waals surface area contributed by atoms with E-state index in [0.29, 0.717) is 24.4 Å². The first-order valence-corrected chi connectivity index (χ1v) is 12.6. The number of hydrogen-bond donors (Lipinski definition) is 1. The van der Waals surface area contributed by atoms with E-state index < -0.39 is 16.1 Å². The average Bonchev–Trinajstić information content (AvgIpc) is 2.96. The molecule has 1 amide bonds. The number of nitrogens with one attached hydrogen (secondary N) is 1. The van der Waals surface area contributed by atoms with Crippen LogP contribution in [0.25, 0.3) is 0 Å². The number of rotatable bonds is 6. The van der Waals surface area contributed by atoms with Gasteiger partial charge in [0, 0.05) is 38.3 Å². The summed E-state index contributed by atoms with van der Waals surface area (Å²) in [5.41, 5.74) is 3.16. The van der Waals surface area contributed by atoms with Crippen LogP contribution < -0.4 is 19.3 Å². The molecule has 8 heteroatoms. The fraction of sp³-hybridized carbons (Fsp3) is 0.435. The summed E-state index contributed by atoms with van der Waals surface area (Å²) in [5.74, 6) is 0.208. The van der Waals surface area contributed by atoms with Crippen LogP contribution in [0, 0.1) is 0 Å². The number of aryl methyl sites for hydroxylation is 1. The minimum Gasteiger partial charge on any atom is -0.478 e. The summed E-state index contributed by atoms with van der Waals surface area (Å²) in [6.45, 7) is 2.68. The molecule has 0 unspecified atom stereocenters. The van der Waals surface area contributed by atoms with E-state index >= 15 is 0 Å². The molecule has 0 fully saturated rings. The summed E-state index contributed by atoms with van der Waals surface area (Å²) in [7, 11) is -3.45. The molecule has 1 atom stereocenters. The van der Waals surface area contributed by atoms with Gasteiger partial charge in [-0.25, -0.2) is 8.42 Å². The van der Waals surface area contributed by atoms with Gasteiger partial charge in [0.1, 0.15) is 5.75 Å². The van der Waals surface area contributed by atoms with Crippen LogP contribution in [-0.2, 0) is 21.2 Å². The highest BCUT2D eigenvalue weighted by atomic mass is 32.2. The Kier molecular flexibility index (Phi) is 6.36. The Morgan fingerprint density at radius 2 is 1.84 bits per heavy atom. The van der Waals surface area contributed by atoms with Crippen molar-refractivity contribution < 1.29 is 17.9 Å². The SMILES string of the molecule is CS(=O)(=O)N1CC[C@@H](C(=O)NCCCN2CCCc3ccccc32)Oc2ccccc21. The van der Waals surface area contributed by atoms with E-state index in [2.05, 4.69) is 34.5 Å². The fourth-order valence-electron chi connectivity index (χ4n) is 4.30. The number of carbonyl (C=O) groups is 1. The molecule has 166 valence electrons. The van der Waals surface area contributed by atoms with Crippen molar-refractivity contribution in [2.45, 2.75) is 31.8 Å². The number of amides is 1. The van der Waals surface area contributed by atoms with E-state index in [0.717, 1.165) is 32.4 Å². The molecular formula is C23H29N3O4S. The molecule has 7 nitrogen and oxygen atoms in total. The van der Waals surface area contributed by atoms with Crippen molar-refractivity contribution in [2.24, 2.45) is 0 Å². The van der Waals surface area contributed by atoms with E-state index in [-0.39, 0.29) is 12.5 Å². The van der Waals surface area contributed by atoms with Crippen molar-refractivity contribution >= 4 is 27.3 Å². The predicted molar refractivity (Wildman–Crippen MR) is 122 cm³/mol. The minimum absolute atomic E-state index is 0.204. The minimum atomic E-state index is -3.45. The smallest absolute Gasteiger partial charge is 0.261 e. The molecule has 2 aliphatic rings. The second-order valence-electron chi connectivity index (χ2n) is 8.06. The standard InChI is InChI=1S/C23H29N3O4S/c1-31(28,29)26-17-13-22(30-21-12-5-4-11-20(21)26)23(27)24-14-7-16-25-15-6-9-18-8-2-3-10-19(18)25/h2-5,8,10-12,22H,6-7,9,13-17H2,1H3,(H,24,27)/t22-/m0/s1. The van der Waals surface area contributed by atoms with Gasteiger partial charge in [-0.2, -0.15) is 0 Å². The van der Waals surface area contributed by atoms with E-state index in [1.54, 1.807) is 24.3 Å². The summed E-state index contributed by atoms with van der Waals surface area (Å²) in [5, 5.41) is 2.97. The molecular weight excluding hydrogens is 414 g/mol. The van der Waals surface area contributed by atoms with Crippen molar-refractivity contribution in [3.63, 3.8) is 0 Å². The summed E-state index contributed by atoms with van der Waals surface area (Å²) in [6.07, 6.45) is 3.85. The molecule has 1 N–H and O–H groups in total. The molecule has 2 heterocycles. The third kappa shape index (κ3) is 4.95. The molecule has 0 saturated heterocycles. The molecule has 0 radical (unpaired) electrons. The number of fused-ring (bicyclic) bond motifs is 2. The van der Waals surface area contributed by atoms with Crippen LogP contribution in [0.3, 0.4) is 0 Å². The van der Waals surface area contributed by atoms with Crippen LogP contribution in [0.15, 0.2) is 48.5 Å². The first-order valence-electron chi connectivity index (χ1n) is 10.8. The van der Waals surface area contributed by atoms with Gasteiger partial charge in [-0.1, -0.05) is 30.3 Å². The fourth-order valence-corrected chi connectivity index (χ4v) is 5.24. The second kappa shape index (κ2) is 9.18. The number of nitrogens with zero attached hydrogens (tertiary/aromatic N) is 2. The van der Waals surface area contributed by atoms with E-state index in [1.165, 1.54) is 21.8 Å². The van der Waals surface area contributed by atoms with Crippen molar-refractivity contribution in [3.05, 3.63) is 54.1 Å². The van der Waals surface area contributed by atoms with Crippen LogP contribution in [0.4, 0.5) is 11.4 Å². The molecule has 31 heavy (non-hydrogen) atoms. The van der Waals surface area contributed by atoms with Crippen LogP contribution >= 0.6 is 0 Å². The van der Waals surface area contributed by atoms with Gasteiger partial charge in [-0.05, 0) is 43.0 Å². The van der Waals surface area contributed by atoms with E-state index in [1.807, 2.05) is 0 Å². The lowest BCUT2D eigenvalue weighted by Crippen LogP contribution is -2.41. The maximum atomic E-state index is 12.7. The molecule has 2 aliphatic heterocycles. The quantitative estimate of drug-likeness (QED) is 0.695. The van der Waals surface area contributed by atoms with Crippen LogP contribution in [0.2, 0.25) is 0 Å². The lowest BCUT2D eigenvalue weighted by molar-refractivity contribution is -0.128. The predicted octanol–water partition coefficient (Wildman–Crippen LogP) is 2.56. The summed E-state index contributed by atoms with van der Waals surface area (Å²) >= 11 is 0. The van der Waals surface area contributed by atoms with Crippen LogP contribution in [-0.4, -0.2) is 52.9 Å². The number of para-hydroxylation sites is 3. The van der Waals surface area contributed by atoms with Crippen molar-refractivity contribution in [2.75, 3.05) is 41.6 Å². The lowest BCUT2D eigenvalue weighted by atomic mass is 10.0. The van der Waals surface area contributed by atoms with Crippen LogP contribution in [0.1, 0.15) is 24.8 Å². The molecule has 2 aromatic carbocycles. The number of sulfonamides is 1. The largest absolute Gasteiger partial charge is 0.478 e. The Morgan fingerprint density at radius 1 is 1.10 bits per heavy atom. The summed E-state index contributed by atoms with van der Waals surface area (Å²) in [4.78, 5) is 15.1. The van der Waals surface area contributed by atoms with Gasteiger partial charge < -0.3 is 15.0 Å². The molecule has 0 spiro atoms. The number of hydrogen-bond acceptors (Lipinski definition) is 5. The maximum absolute atomic E-state index is 12.7. The Morgan fingerprint density at radius 3 is 2.65 bits per heavy atom. The maximum Gasteiger partial charge on any atom is 0.261 e. The van der Waals surface area contributed by atoms with Crippen LogP contribution in [0.5, 0.6) is 5.75 Å². The highest BCUT2D eigenvalue weighted by Crippen LogP contribution is 2.33. The topological polar surface area (TPSA) is 79.0 Å². The van der Waals surface area contributed by atoms with Gasteiger partial charge in [0.25, 0.3) is 5.91 Å². The molecule has 4 rings (SSSR count). The van der Waals surface area contributed by atoms with Gasteiger partial charge in [0.05, 0.1) is 11.9 Å². The first kappa shape index (κ1) is 21.5. The van der Waals surface area contributed by atoms with Gasteiger partial charge in [-0.3, -0.25) is 9.10 Å². The third-order valence-electron chi connectivity index (χ3n) is 5.80. The number of carbonyl (C=O) groups excluding carboxylic acids is 1. The first-order chi connectivity index (χ1) is 14.9. The van der Waals surface area contributed by atoms with Crippen molar-refractivity contribution in [1.82, 2.24) is 5.32 Å². The Labute approximate surface area is 184 Å². The van der Waals surface area contributed by atoms with Gasteiger partial charge in [-0.15, -0.1) is 0 Å². The normalized spacial score (nSPS) is 18.4. The Balaban J connectivity index is 1.33. The monoisotopic (exact) mass is 443 g/mol. The Hall–Kier alpha value is -2.74. The number of ether oxygens (including phenoxy) is 1. The molecule has 0 bridgehead atoms. The molecule has 0 saturated carbocycles. The Bertz CT molecular complexity index is 1040. The van der Waals surface area contributed by atoms with E-state index in [9.17, 15) is 13.2 Å². The average molecular weight is 444 g/mol. The highest BCUT2D eigenvalue weighted by molar-refractivity contribution is 7.92.